The summed E-state index contributed by atoms with van der Waals surface area (Å²) in [6.45, 7) is 5.12. The SMILES string of the molecule is CC(C)=CCCC(CBr)OC1CCCCO1. The molecule has 1 rings (SSSR count). The van der Waals surface area contributed by atoms with Crippen molar-refractivity contribution in [3.05, 3.63) is 11.6 Å². The molecular weight excluding hydrogens is 268 g/mol. The van der Waals surface area contributed by atoms with Crippen LogP contribution in [0.4, 0.5) is 0 Å². The molecule has 16 heavy (non-hydrogen) atoms. The van der Waals surface area contributed by atoms with E-state index in [1.165, 1.54) is 18.4 Å². The van der Waals surface area contributed by atoms with Gasteiger partial charge >= 0.3 is 0 Å². The maximum Gasteiger partial charge on any atom is 0.157 e. The fourth-order valence-electron chi connectivity index (χ4n) is 1.77. The molecule has 3 heteroatoms. The van der Waals surface area contributed by atoms with Gasteiger partial charge in [-0.3, -0.25) is 0 Å². The van der Waals surface area contributed by atoms with Crippen LogP contribution in [-0.2, 0) is 9.47 Å². The lowest BCUT2D eigenvalue weighted by Gasteiger charge is -2.26. The largest absolute Gasteiger partial charge is 0.353 e. The Kier molecular flexibility index (Phi) is 7.33. The first-order valence-electron chi connectivity index (χ1n) is 6.18. The fourth-order valence-corrected chi connectivity index (χ4v) is 2.25. The molecule has 0 bridgehead atoms. The summed E-state index contributed by atoms with van der Waals surface area (Å²) in [5.41, 5.74) is 1.38. The molecule has 1 saturated heterocycles. The van der Waals surface area contributed by atoms with Crippen LogP contribution in [0.2, 0.25) is 0 Å². The van der Waals surface area contributed by atoms with Gasteiger partial charge in [-0.1, -0.05) is 27.6 Å². The molecule has 0 N–H and O–H groups in total. The van der Waals surface area contributed by atoms with E-state index in [1.807, 2.05) is 0 Å². The summed E-state index contributed by atoms with van der Waals surface area (Å²) in [5, 5.41) is 0.892. The topological polar surface area (TPSA) is 18.5 Å². The molecule has 2 nitrogen and oxygen atoms in total. The minimum absolute atomic E-state index is 0.0306. The summed E-state index contributed by atoms with van der Waals surface area (Å²) >= 11 is 3.51. The van der Waals surface area contributed by atoms with Gasteiger partial charge in [0.2, 0.25) is 0 Å². The van der Waals surface area contributed by atoms with Crippen molar-refractivity contribution in [1.29, 1.82) is 0 Å². The van der Waals surface area contributed by atoms with Crippen molar-refractivity contribution >= 4 is 15.9 Å². The lowest BCUT2D eigenvalue weighted by atomic mass is 10.1. The van der Waals surface area contributed by atoms with Crippen LogP contribution in [0, 0.1) is 0 Å². The molecule has 1 heterocycles. The molecule has 2 atom stereocenters. The van der Waals surface area contributed by atoms with E-state index in [-0.39, 0.29) is 12.4 Å². The number of ether oxygens (including phenoxy) is 2. The maximum atomic E-state index is 5.92. The van der Waals surface area contributed by atoms with Crippen LogP contribution in [-0.4, -0.2) is 24.3 Å². The Labute approximate surface area is 108 Å². The van der Waals surface area contributed by atoms with Gasteiger partial charge in [-0.05, 0) is 46.0 Å². The van der Waals surface area contributed by atoms with Crippen LogP contribution in [0.1, 0.15) is 46.0 Å². The van der Waals surface area contributed by atoms with Crippen LogP contribution in [0.5, 0.6) is 0 Å². The van der Waals surface area contributed by atoms with Crippen molar-refractivity contribution in [2.45, 2.75) is 58.3 Å². The van der Waals surface area contributed by atoms with E-state index in [2.05, 4.69) is 35.9 Å². The Morgan fingerprint density at radius 3 is 2.88 bits per heavy atom. The van der Waals surface area contributed by atoms with Gasteiger partial charge in [-0.25, -0.2) is 0 Å². The van der Waals surface area contributed by atoms with Crippen LogP contribution in [0.3, 0.4) is 0 Å². The molecule has 0 aliphatic carbocycles. The number of halogens is 1. The van der Waals surface area contributed by atoms with Crippen LogP contribution >= 0.6 is 15.9 Å². The Balaban J connectivity index is 2.22. The first-order valence-corrected chi connectivity index (χ1v) is 7.31. The molecule has 0 spiro atoms. The highest BCUT2D eigenvalue weighted by molar-refractivity contribution is 9.09. The Morgan fingerprint density at radius 2 is 2.31 bits per heavy atom. The van der Waals surface area contributed by atoms with E-state index in [0.29, 0.717) is 0 Å². The van der Waals surface area contributed by atoms with Crippen LogP contribution < -0.4 is 0 Å². The molecule has 0 saturated carbocycles. The smallest absolute Gasteiger partial charge is 0.157 e. The lowest BCUT2D eigenvalue weighted by Crippen LogP contribution is -2.28. The first kappa shape index (κ1) is 14.2. The highest BCUT2D eigenvalue weighted by atomic mass is 79.9. The van der Waals surface area contributed by atoms with E-state index in [0.717, 1.165) is 31.2 Å². The van der Waals surface area contributed by atoms with Gasteiger partial charge < -0.3 is 9.47 Å². The highest BCUT2D eigenvalue weighted by Gasteiger charge is 2.18. The third-order valence-electron chi connectivity index (χ3n) is 2.70. The standard InChI is InChI=1S/C13H23BrO2/c1-11(2)6-5-7-12(10-14)16-13-8-3-4-9-15-13/h6,12-13H,3-5,7-10H2,1-2H3. The van der Waals surface area contributed by atoms with Gasteiger partial charge in [0.15, 0.2) is 6.29 Å². The van der Waals surface area contributed by atoms with Crippen molar-refractivity contribution in [3.8, 4) is 0 Å². The van der Waals surface area contributed by atoms with Crippen LogP contribution in [0.25, 0.3) is 0 Å². The van der Waals surface area contributed by atoms with E-state index in [4.69, 9.17) is 9.47 Å². The molecule has 1 aliphatic rings. The van der Waals surface area contributed by atoms with Gasteiger partial charge in [-0.2, -0.15) is 0 Å². The molecule has 0 aromatic carbocycles. The zero-order valence-electron chi connectivity index (χ0n) is 10.4. The van der Waals surface area contributed by atoms with Crippen LogP contribution in [0.15, 0.2) is 11.6 Å². The van der Waals surface area contributed by atoms with Crippen molar-refractivity contribution in [2.75, 3.05) is 11.9 Å². The molecule has 0 radical (unpaired) electrons. The lowest BCUT2D eigenvalue weighted by molar-refractivity contribution is -0.183. The molecule has 0 amide bonds. The first-order chi connectivity index (χ1) is 7.72. The van der Waals surface area contributed by atoms with E-state index in [9.17, 15) is 0 Å². The normalized spacial score (nSPS) is 22.8. The number of alkyl halides is 1. The predicted octanol–water partition coefficient (Wildman–Crippen LogP) is 4.04. The molecule has 1 fully saturated rings. The van der Waals surface area contributed by atoms with Gasteiger partial charge in [0, 0.05) is 11.9 Å². The Hall–Kier alpha value is 0.140. The third-order valence-corrected chi connectivity index (χ3v) is 3.42. The summed E-state index contributed by atoms with van der Waals surface area (Å²) in [6, 6.07) is 0. The molecule has 0 aromatic rings. The quantitative estimate of drug-likeness (QED) is 0.543. The van der Waals surface area contributed by atoms with E-state index >= 15 is 0 Å². The average Bonchev–Trinajstić information content (AvgIpc) is 2.28. The zero-order valence-corrected chi connectivity index (χ0v) is 12.0. The second kappa shape index (κ2) is 8.26. The summed E-state index contributed by atoms with van der Waals surface area (Å²) in [6.07, 6.45) is 8.18. The highest BCUT2D eigenvalue weighted by Crippen LogP contribution is 2.18. The summed E-state index contributed by atoms with van der Waals surface area (Å²) in [5.74, 6) is 0. The Morgan fingerprint density at radius 1 is 1.50 bits per heavy atom. The van der Waals surface area contributed by atoms with Crippen molar-refractivity contribution in [3.63, 3.8) is 0 Å². The van der Waals surface area contributed by atoms with E-state index in [1.54, 1.807) is 0 Å². The predicted molar refractivity (Wildman–Crippen MR) is 70.9 cm³/mol. The van der Waals surface area contributed by atoms with Crippen molar-refractivity contribution < 1.29 is 9.47 Å². The van der Waals surface area contributed by atoms with Gasteiger partial charge in [0.25, 0.3) is 0 Å². The third kappa shape index (κ3) is 6.02. The summed E-state index contributed by atoms with van der Waals surface area (Å²) in [7, 11) is 0. The fraction of sp³-hybridized carbons (Fsp3) is 0.846. The van der Waals surface area contributed by atoms with Gasteiger partial charge in [0.1, 0.15) is 0 Å². The Bertz CT molecular complexity index is 206. The minimum Gasteiger partial charge on any atom is -0.353 e. The van der Waals surface area contributed by atoms with E-state index < -0.39 is 0 Å². The summed E-state index contributed by atoms with van der Waals surface area (Å²) < 4.78 is 11.5. The second-order valence-electron chi connectivity index (χ2n) is 4.57. The number of rotatable bonds is 6. The van der Waals surface area contributed by atoms with Crippen molar-refractivity contribution in [1.82, 2.24) is 0 Å². The average molecular weight is 291 g/mol. The molecule has 0 aromatic heterocycles. The number of allylic oxidation sites excluding steroid dienone is 2. The monoisotopic (exact) mass is 290 g/mol. The number of hydrogen-bond acceptors (Lipinski definition) is 2. The maximum absolute atomic E-state index is 5.92. The van der Waals surface area contributed by atoms with Gasteiger partial charge in [-0.15, -0.1) is 0 Å². The summed E-state index contributed by atoms with van der Waals surface area (Å²) in [4.78, 5) is 0. The molecular formula is C13H23BrO2. The number of hydrogen-bond donors (Lipinski definition) is 0. The second-order valence-corrected chi connectivity index (χ2v) is 5.21. The molecule has 2 unspecified atom stereocenters. The minimum atomic E-state index is 0.0306. The molecule has 94 valence electrons. The van der Waals surface area contributed by atoms with Crippen molar-refractivity contribution in [2.24, 2.45) is 0 Å². The van der Waals surface area contributed by atoms with Gasteiger partial charge in [0.05, 0.1) is 6.10 Å². The zero-order chi connectivity index (χ0) is 11.8. The molecule has 1 aliphatic heterocycles.